The van der Waals surface area contributed by atoms with Crippen LogP contribution in [-0.4, -0.2) is 60.5 Å². The predicted molar refractivity (Wildman–Crippen MR) is 127 cm³/mol. The van der Waals surface area contributed by atoms with Gasteiger partial charge in [-0.1, -0.05) is 30.8 Å². The van der Waals surface area contributed by atoms with Gasteiger partial charge in [-0.25, -0.2) is 9.97 Å². The summed E-state index contributed by atoms with van der Waals surface area (Å²) >= 11 is 1.57. The quantitative estimate of drug-likeness (QED) is 0.340. The third-order valence-electron chi connectivity index (χ3n) is 5.44. The molecule has 2 heterocycles. The number of piperidine rings is 1. The van der Waals surface area contributed by atoms with Gasteiger partial charge in [0.25, 0.3) is 5.91 Å². The minimum absolute atomic E-state index is 0.0371. The molecule has 3 rings (SSSR count). The van der Waals surface area contributed by atoms with E-state index >= 15 is 0 Å². The highest BCUT2D eigenvalue weighted by Crippen LogP contribution is 2.24. The number of benzene rings is 1. The fourth-order valence-corrected chi connectivity index (χ4v) is 4.49. The Morgan fingerprint density at radius 1 is 1.22 bits per heavy atom. The van der Waals surface area contributed by atoms with E-state index in [1.54, 1.807) is 23.6 Å². The molecular weight excluding hydrogens is 424 g/mol. The number of anilines is 1. The average molecular weight is 457 g/mol. The third kappa shape index (κ3) is 6.22. The number of rotatable bonds is 8. The van der Waals surface area contributed by atoms with Crippen molar-refractivity contribution in [3.8, 4) is 0 Å². The predicted octanol–water partition coefficient (Wildman–Crippen LogP) is 3.81. The van der Waals surface area contributed by atoms with Crippen molar-refractivity contribution in [3.63, 3.8) is 0 Å². The van der Waals surface area contributed by atoms with E-state index in [0.29, 0.717) is 31.0 Å². The Hall–Kier alpha value is -2.61. The van der Waals surface area contributed by atoms with Gasteiger partial charge in [-0.3, -0.25) is 9.59 Å². The Bertz CT molecular complexity index is 951. The van der Waals surface area contributed by atoms with E-state index in [2.05, 4.69) is 16.9 Å². The first-order valence-electron chi connectivity index (χ1n) is 11.1. The van der Waals surface area contributed by atoms with Gasteiger partial charge in [0.2, 0.25) is 0 Å². The molecule has 0 bridgehead atoms. The van der Waals surface area contributed by atoms with E-state index in [1.807, 2.05) is 49.3 Å². The molecule has 8 heteroatoms. The van der Waals surface area contributed by atoms with Crippen molar-refractivity contribution in [2.24, 2.45) is 5.92 Å². The van der Waals surface area contributed by atoms with E-state index in [1.165, 1.54) is 0 Å². The van der Waals surface area contributed by atoms with E-state index < -0.39 is 0 Å². The molecule has 0 N–H and O–H groups in total. The van der Waals surface area contributed by atoms with Crippen molar-refractivity contribution in [3.05, 3.63) is 47.2 Å². The number of amides is 1. The van der Waals surface area contributed by atoms with Crippen LogP contribution >= 0.6 is 11.8 Å². The molecule has 1 aromatic carbocycles. The van der Waals surface area contributed by atoms with Gasteiger partial charge in [0.1, 0.15) is 5.82 Å². The SMILES string of the molecule is CCOC(=O)[C@@H]1CCCN(C(=O)c2cccc(CSc3nc(CC)cc(N(C)C)n3)c2)C1. The van der Waals surface area contributed by atoms with E-state index in [-0.39, 0.29) is 17.8 Å². The number of likely N-dealkylation sites (tertiary alicyclic amines) is 1. The van der Waals surface area contributed by atoms with Crippen LogP contribution in [0.3, 0.4) is 0 Å². The first-order chi connectivity index (χ1) is 15.4. The molecule has 1 atom stereocenters. The number of carbonyl (C=O) groups excluding carboxylic acids is 2. The molecule has 172 valence electrons. The lowest BCUT2D eigenvalue weighted by atomic mass is 9.97. The summed E-state index contributed by atoms with van der Waals surface area (Å²) in [6, 6.07) is 9.69. The molecular formula is C24H32N4O3S. The van der Waals surface area contributed by atoms with Crippen molar-refractivity contribution in [2.75, 3.05) is 38.7 Å². The molecule has 1 amide bonds. The maximum atomic E-state index is 13.1. The second-order valence-electron chi connectivity index (χ2n) is 8.08. The van der Waals surface area contributed by atoms with Crippen LogP contribution in [0, 0.1) is 5.92 Å². The molecule has 7 nitrogen and oxygen atoms in total. The van der Waals surface area contributed by atoms with Gasteiger partial charge >= 0.3 is 5.97 Å². The van der Waals surface area contributed by atoms with Gasteiger partial charge < -0.3 is 14.5 Å². The molecule has 0 radical (unpaired) electrons. The summed E-state index contributed by atoms with van der Waals surface area (Å²) in [5.74, 6) is 1.09. The highest BCUT2D eigenvalue weighted by molar-refractivity contribution is 7.98. The molecule has 0 unspecified atom stereocenters. The van der Waals surface area contributed by atoms with Crippen LogP contribution in [-0.2, 0) is 21.7 Å². The molecule has 1 aromatic heterocycles. The van der Waals surface area contributed by atoms with Crippen molar-refractivity contribution in [1.29, 1.82) is 0 Å². The van der Waals surface area contributed by atoms with Crippen molar-refractivity contribution >= 4 is 29.5 Å². The zero-order chi connectivity index (χ0) is 23.1. The third-order valence-corrected chi connectivity index (χ3v) is 6.35. The monoisotopic (exact) mass is 456 g/mol. The van der Waals surface area contributed by atoms with Crippen LogP contribution < -0.4 is 4.90 Å². The van der Waals surface area contributed by atoms with Crippen LogP contribution in [0.5, 0.6) is 0 Å². The minimum atomic E-state index is -0.236. The lowest BCUT2D eigenvalue weighted by Crippen LogP contribution is -2.42. The van der Waals surface area contributed by atoms with Crippen molar-refractivity contribution in [1.82, 2.24) is 14.9 Å². The first-order valence-corrected chi connectivity index (χ1v) is 12.1. The molecule has 1 aliphatic rings. The standard InChI is InChI=1S/C24H32N4O3S/c1-5-20-14-21(27(3)4)26-24(25-20)32-16-17-9-7-10-18(13-17)22(29)28-12-8-11-19(15-28)23(30)31-6-2/h7,9-10,13-14,19H,5-6,8,11-12,15-16H2,1-4H3/t19-/m1/s1. The summed E-state index contributed by atoms with van der Waals surface area (Å²) in [5.41, 5.74) is 2.69. The maximum absolute atomic E-state index is 13.1. The summed E-state index contributed by atoms with van der Waals surface area (Å²) in [5, 5.41) is 0.734. The fraction of sp³-hybridized carbons (Fsp3) is 0.500. The molecule has 1 saturated heterocycles. The Labute approximate surface area is 194 Å². The number of aromatic nitrogens is 2. The number of carbonyl (C=O) groups is 2. The Morgan fingerprint density at radius 3 is 2.75 bits per heavy atom. The number of thioether (sulfide) groups is 1. The molecule has 1 aliphatic heterocycles. The molecule has 1 fully saturated rings. The topological polar surface area (TPSA) is 75.6 Å². The van der Waals surface area contributed by atoms with Gasteiger partial charge in [-0.2, -0.15) is 0 Å². The Balaban J connectivity index is 1.67. The number of aryl methyl sites for hydroxylation is 1. The zero-order valence-electron chi connectivity index (χ0n) is 19.3. The summed E-state index contributed by atoms with van der Waals surface area (Å²) in [6.45, 7) is 5.33. The number of ether oxygens (including phenoxy) is 1. The van der Waals surface area contributed by atoms with E-state index in [0.717, 1.165) is 41.5 Å². The minimum Gasteiger partial charge on any atom is -0.466 e. The van der Waals surface area contributed by atoms with Gasteiger partial charge in [-0.15, -0.1) is 0 Å². The lowest BCUT2D eigenvalue weighted by molar-refractivity contribution is -0.149. The highest BCUT2D eigenvalue weighted by Gasteiger charge is 2.29. The largest absolute Gasteiger partial charge is 0.466 e. The van der Waals surface area contributed by atoms with Crippen LogP contribution in [0.1, 0.15) is 48.3 Å². The Kier molecular flexibility index (Phi) is 8.50. The first kappa shape index (κ1) is 24.0. The lowest BCUT2D eigenvalue weighted by Gasteiger charge is -2.31. The maximum Gasteiger partial charge on any atom is 0.310 e. The van der Waals surface area contributed by atoms with Crippen molar-refractivity contribution in [2.45, 2.75) is 44.0 Å². The summed E-state index contributed by atoms with van der Waals surface area (Å²) < 4.78 is 5.15. The van der Waals surface area contributed by atoms with Crippen molar-refractivity contribution < 1.29 is 14.3 Å². The summed E-state index contributed by atoms with van der Waals surface area (Å²) in [7, 11) is 3.94. The molecule has 0 saturated carbocycles. The smallest absolute Gasteiger partial charge is 0.310 e. The number of hydrogen-bond acceptors (Lipinski definition) is 7. The summed E-state index contributed by atoms with van der Waals surface area (Å²) in [4.78, 5) is 38.2. The van der Waals surface area contributed by atoms with Crippen LogP contribution in [0.4, 0.5) is 5.82 Å². The number of esters is 1. The second-order valence-corrected chi connectivity index (χ2v) is 9.02. The molecule has 2 aromatic rings. The van der Waals surface area contributed by atoms with Gasteiger partial charge in [0, 0.05) is 50.3 Å². The number of nitrogens with zero attached hydrogens (tertiary/aromatic N) is 4. The molecule has 0 spiro atoms. The highest BCUT2D eigenvalue weighted by atomic mass is 32.2. The zero-order valence-corrected chi connectivity index (χ0v) is 20.2. The molecule has 32 heavy (non-hydrogen) atoms. The van der Waals surface area contributed by atoms with Crippen LogP contribution in [0.15, 0.2) is 35.5 Å². The van der Waals surface area contributed by atoms with E-state index in [4.69, 9.17) is 4.74 Å². The average Bonchev–Trinajstić information content (AvgIpc) is 2.82. The van der Waals surface area contributed by atoms with Gasteiger partial charge in [0.05, 0.1) is 12.5 Å². The Morgan fingerprint density at radius 2 is 2.03 bits per heavy atom. The van der Waals surface area contributed by atoms with Gasteiger partial charge in [-0.05, 0) is 43.9 Å². The van der Waals surface area contributed by atoms with Crippen LogP contribution in [0.25, 0.3) is 0 Å². The van der Waals surface area contributed by atoms with Gasteiger partial charge in [0.15, 0.2) is 5.16 Å². The normalized spacial score (nSPS) is 16.0. The summed E-state index contributed by atoms with van der Waals surface area (Å²) in [6.07, 6.45) is 2.43. The van der Waals surface area contributed by atoms with Crippen LogP contribution in [0.2, 0.25) is 0 Å². The fourth-order valence-electron chi connectivity index (χ4n) is 3.67. The number of hydrogen-bond donors (Lipinski definition) is 0. The molecule has 0 aliphatic carbocycles. The second kappa shape index (κ2) is 11.3. The van der Waals surface area contributed by atoms with E-state index in [9.17, 15) is 9.59 Å².